The van der Waals surface area contributed by atoms with Gasteiger partial charge in [0.25, 0.3) is 0 Å². The van der Waals surface area contributed by atoms with Gasteiger partial charge in [-0.15, -0.1) is 0 Å². The van der Waals surface area contributed by atoms with Crippen LogP contribution in [-0.2, 0) is 14.3 Å². The molecular formula is C28H27FN4O3. The van der Waals surface area contributed by atoms with Crippen LogP contribution in [0.4, 0.5) is 10.1 Å². The summed E-state index contributed by atoms with van der Waals surface area (Å²) in [4.78, 5) is 27.7. The summed E-state index contributed by atoms with van der Waals surface area (Å²) in [6, 6.07) is 10.9. The number of carbonyl (C=O) groups is 2. The topological polar surface area (TPSA) is 76.5 Å². The largest absolute Gasteiger partial charge is 0.380 e. The number of anilines is 1. The Morgan fingerprint density at radius 2 is 1.92 bits per heavy atom. The maximum absolute atomic E-state index is 13.4. The van der Waals surface area contributed by atoms with Gasteiger partial charge in [-0.05, 0) is 55.0 Å². The lowest BCUT2D eigenvalue weighted by Gasteiger charge is -2.31. The van der Waals surface area contributed by atoms with E-state index in [2.05, 4.69) is 17.0 Å². The fraction of sp³-hybridized carbons (Fsp3) is 0.250. The average Bonchev–Trinajstić information content (AvgIpc) is 3.38. The van der Waals surface area contributed by atoms with Gasteiger partial charge in [-0.25, -0.2) is 9.07 Å². The Balaban J connectivity index is 1.48. The Labute approximate surface area is 208 Å². The molecule has 2 amide bonds. The van der Waals surface area contributed by atoms with Crippen LogP contribution in [-0.4, -0.2) is 46.9 Å². The summed E-state index contributed by atoms with van der Waals surface area (Å²) in [5, 5.41) is 8.35. The monoisotopic (exact) mass is 486 g/mol. The highest BCUT2D eigenvalue weighted by Crippen LogP contribution is 2.34. The van der Waals surface area contributed by atoms with E-state index in [1.54, 1.807) is 27.9 Å². The predicted octanol–water partition coefficient (Wildman–Crippen LogP) is 4.09. The van der Waals surface area contributed by atoms with Gasteiger partial charge in [0.15, 0.2) is 0 Å². The summed E-state index contributed by atoms with van der Waals surface area (Å²) in [5.74, 6) is -0.699. The highest BCUT2D eigenvalue weighted by molar-refractivity contribution is 6.00. The van der Waals surface area contributed by atoms with Gasteiger partial charge in [-0.2, -0.15) is 5.10 Å². The summed E-state index contributed by atoms with van der Waals surface area (Å²) >= 11 is 0. The number of benzene rings is 2. The van der Waals surface area contributed by atoms with Crippen LogP contribution in [0.1, 0.15) is 13.3 Å². The number of hydrogen-bond acceptors (Lipinski definition) is 4. The molecular weight excluding hydrogens is 459 g/mol. The van der Waals surface area contributed by atoms with Crippen LogP contribution in [0.5, 0.6) is 0 Å². The number of ether oxygens (including phenoxy) is 1. The van der Waals surface area contributed by atoms with Gasteiger partial charge in [0, 0.05) is 17.5 Å². The minimum absolute atomic E-state index is 0.0963. The van der Waals surface area contributed by atoms with Crippen LogP contribution in [0, 0.1) is 11.7 Å². The molecule has 7 nitrogen and oxygen atoms in total. The van der Waals surface area contributed by atoms with Crippen molar-refractivity contribution in [1.82, 2.24) is 15.1 Å². The highest BCUT2D eigenvalue weighted by atomic mass is 19.1. The normalized spacial score (nSPS) is 20.5. The number of amides is 2. The molecule has 184 valence electrons. The molecule has 2 aliphatic rings. The molecule has 0 spiro atoms. The zero-order chi connectivity index (χ0) is 25.2. The van der Waals surface area contributed by atoms with E-state index in [4.69, 9.17) is 4.74 Å². The number of hydrogen-bond donors (Lipinski definition) is 1. The fourth-order valence-electron chi connectivity index (χ4n) is 4.63. The molecule has 2 fully saturated rings. The Kier molecular flexibility index (Phi) is 6.52. The number of nitrogens with one attached hydrogen (secondary N) is 1. The van der Waals surface area contributed by atoms with E-state index in [0.717, 1.165) is 22.2 Å². The molecule has 8 heteroatoms. The number of fused-ring (bicyclic) bond motifs is 1. The lowest BCUT2D eigenvalue weighted by molar-refractivity contribution is -0.139. The van der Waals surface area contributed by atoms with E-state index < -0.39 is 12.1 Å². The van der Waals surface area contributed by atoms with Gasteiger partial charge in [-0.3, -0.25) is 9.59 Å². The quantitative estimate of drug-likeness (QED) is 0.511. The third-order valence-corrected chi connectivity index (χ3v) is 6.55. The summed E-state index contributed by atoms with van der Waals surface area (Å²) < 4.78 is 20.2. The maximum atomic E-state index is 13.4. The van der Waals surface area contributed by atoms with Crippen molar-refractivity contribution in [2.75, 3.05) is 18.1 Å². The molecule has 2 aromatic carbocycles. The number of carbonyl (C=O) groups excluding carboxylic acids is 2. The molecule has 0 aliphatic carbocycles. The van der Waals surface area contributed by atoms with Crippen LogP contribution in [0.25, 0.3) is 16.6 Å². The van der Waals surface area contributed by atoms with Crippen LogP contribution in [0.2, 0.25) is 0 Å². The number of rotatable bonds is 7. The van der Waals surface area contributed by atoms with E-state index in [0.29, 0.717) is 18.9 Å². The summed E-state index contributed by atoms with van der Waals surface area (Å²) in [7, 11) is 0. The molecule has 0 bridgehead atoms. The van der Waals surface area contributed by atoms with Crippen LogP contribution in [0.3, 0.4) is 0 Å². The van der Waals surface area contributed by atoms with Gasteiger partial charge in [0.1, 0.15) is 5.82 Å². The van der Waals surface area contributed by atoms with Crippen molar-refractivity contribution in [1.29, 1.82) is 0 Å². The van der Waals surface area contributed by atoms with Crippen LogP contribution in [0.15, 0.2) is 85.1 Å². The van der Waals surface area contributed by atoms with E-state index in [-0.39, 0.29) is 30.0 Å². The standard InChI is InChI=1S/C28H27FN4O3/c1-3-4-5-6-18(2)27-24(31-28(35)20-16-36-17-20)14-26(34)32(27)23-11-12-25-19(13-23)15-30-33(25)22-9-7-21(29)8-10-22/h3-13,15,20,24,27H,2,14,16-17H2,1H3,(H,31,35)/b4-3-,6-5-/t24-,27+/m0/s1. The molecule has 0 unspecified atom stereocenters. The summed E-state index contributed by atoms with van der Waals surface area (Å²) in [5.41, 5.74) is 2.98. The summed E-state index contributed by atoms with van der Waals surface area (Å²) in [6.45, 7) is 6.95. The van der Waals surface area contributed by atoms with Crippen molar-refractivity contribution in [3.63, 3.8) is 0 Å². The van der Waals surface area contributed by atoms with E-state index in [9.17, 15) is 14.0 Å². The Bertz CT molecular complexity index is 1370. The Morgan fingerprint density at radius 3 is 2.61 bits per heavy atom. The molecule has 0 saturated carbocycles. The minimum atomic E-state index is -0.437. The van der Waals surface area contributed by atoms with Crippen molar-refractivity contribution in [2.45, 2.75) is 25.4 Å². The third kappa shape index (κ3) is 4.47. The van der Waals surface area contributed by atoms with Crippen molar-refractivity contribution in [2.24, 2.45) is 5.92 Å². The molecule has 3 aromatic rings. The SMILES string of the molecule is C=C(/C=C\C=C/C)[C@@H]1[C@@H](NC(=O)C2COC2)CC(=O)N1c1ccc2c(cnn2-c2ccc(F)cc2)c1. The molecule has 3 heterocycles. The minimum Gasteiger partial charge on any atom is -0.380 e. The lowest BCUT2D eigenvalue weighted by atomic mass is 9.98. The van der Waals surface area contributed by atoms with E-state index in [1.807, 2.05) is 49.4 Å². The summed E-state index contributed by atoms with van der Waals surface area (Å²) in [6.07, 6.45) is 9.43. The van der Waals surface area contributed by atoms with Gasteiger partial charge in [0.05, 0.1) is 48.6 Å². The predicted molar refractivity (Wildman–Crippen MR) is 136 cm³/mol. The first-order valence-electron chi connectivity index (χ1n) is 11.9. The van der Waals surface area contributed by atoms with Crippen LogP contribution >= 0.6 is 0 Å². The molecule has 5 rings (SSSR count). The molecule has 1 N–H and O–H groups in total. The molecule has 2 saturated heterocycles. The highest BCUT2D eigenvalue weighted by Gasteiger charge is 2.43. The van der Waals surface area contributed by atoms with Crippen LogP contribution < -0.4 is 10.2 Å². The second kappa shape index (κ2) is 9.91. The van der Waals surface area contributed by atoms with Gasteiger partial charge < -0.3 is 15.0 Å². The maximum Gasteiger partial charge on any atom is 0.229 e. The zero-order valence-electron chi connectivity index (χ0n) is 19.9. The van der Waals surface area contributed by atoms with Gasteiger partial charge in [0.2, 0.25) is 11.8 Å². The molecule has 1 aromatic heterocycles. The molecule has 2 aliphatic heterocycles. The van der Waals surface area contributed by atoms with E-state index in [1.165, 1.54) is 12.1 Å². The number of allylic oxidation sites excluding steroid dienone is 3. The first kappa shape index (κ1) is 23.7. The molecule has 36 heavy (non-hydrogen) atoms. The number of halogens is 1. The first-order valence-corrected chi connectivity index (χ1v) is 11.9. The average molecular weight is 487 g/mol. The van der Waals surface area contributed by atoms with Gasteiger partial charge >= 0.3 is 0 Å². The first-order chi connectivity index (χ1) is 17.5. The fourth-order valence-corrected chi connectivity index (χ4v) is 4.63. The molecule has 2 atom stereocenters. The van der Waals surface area contributed by atoms with E-state index >= 15 is 0 Å². The van der Waals surface area contributed by atoms with Crippen molar-refractivity contribution < 1.29 is 18.7 Å². The van der Waals surface area contributed by atoms with Gasteiger partial charge in [-0.1, -0.05) is 30.9 Å². The van der Waals surface area contributed by atoms with Crippen molar-refractivity contribution >= 4 is 28.4 Å². The second-order valence-electron chi connectivity index (χ2n) is 9.00. The number of nitrogens with zero attached hydrogens (tertiary/aromatic N) is 3. The smallest absolute Gasteiger partial charge is 0.229 e. The lowest BCUT2D eigenvalue weighted by Crippen LogP contribution is -2.51. The van der Waals surface area contributed by atoms with Crippen molar-refractivity contribution in [3.8, 4) is 5.69 Å². The Hall–Kier alpha value is -4.04. The van der Waals surface area contributed by atoms with Crippen molar-refractivity contribution in [3.05, 3.63) is 90.9 Å². The molecule has 0 radical (unpaired) electrons. The Morgan fingerprint density at radius 1 is 1.17 bits per heavy atom. The zero-order valence-corrected chi connectivity index (χ0v) is 19.9. The third-order valence-electron chi connectivity index (χ3n) is 6.55. The second-order valence-corrected chi connectivity index (χ2v) is 9.00. The number of aromatic nitrogens is 2.